The number of nitrogens with zero attached hydrogens (tertiary/aromatic N) is 1. The van der Waals surface area contributed by atoms with Crippen LogP contribution in [-0.2, 0) is 0 Å². The summed E-state index contributed by atoms with van der Waals surface area (Å²) in [6, 6.07) is 4.12. The minimum Gasteiger partial charge on any atom is -0.336 e. The zero-order valence-corrected chi connectivity index (χ0v) is 9.50. The molecule has 5 heteroatoms. The Hall–Kier alpha value is -1.96. The molecule has 1 rings (SSSR count). The van der Waals surface area contributed by atoms with Gasteiger partial charge in [-0.05, 0) is 24.1 Å². The zero-order chi connectivity index (χ0) is 13.0. The summed E-state index contributed by atoms with van der Waals surface area (Å²) in [6.07, 6.45) is 0. The summed E-state index contributed by atoms with van der Waals surface area (Å²) in [6.45, 7) is 3.55. The second-order valence-electron chi connectivity index (χ2n) is 3.95. The lowest BCUT2D eigenvalue weighted by Crippen LogP contribution is -2.37. The lowest BCUT2D eigenvalue weighted by atomic mass is 10.1. The second-order valence-corrected chi connectivity index (χ2v) is 3.95. The lowest BCUT2D eigenvalue weighted by molar-refractivity contribution is 0.0937. The van der Waals surface area contributed by atoms with E-state index in [1.165, 1.54) is 6.07 Å². The molecule has 0 aliphatic rings. The fourth-order valence-corrected chi connectivity index (χ4v) is 1.21. The molecule has 0 fully saturated rings. The zero-order valence-electron chi connectivity index (χ0n) is 9.50. The number of nitriles is 1. The normalized spacial score (nSPS) is 12.0. The number of carbonyl (C=O) groups excluding carboxylic acids is 1. The van der Waals surface area contributed by atoms with Crippen molar-refractivity contribution in [2.45, 2.75) is 19.9 Å². The molecule has 1 unspecified atom stereocenters. The Labute approximate surface area is 98.1 Å². The quantitative estimate of drug-likeness (QED) is 0.878. The molecule has 0 spiro atoms. The van der Waals surface area contributed by atoms with Crippen LogP contribution in [0.1, 0.15) is 24.2 Å². The first-order chi connectivity index (χ1) is 7.95. The highest BCUT2D eigenvalue weighted by Crippen LogP contribution is 2.09. The molecular weight excluding hydrogens is 226 g/mol. The van der Waals surface area contributed by atoms with Gasteiger partial charge in [-0.1, -0.05) is 13.8 Å². The Balaban J connectivity index is 2.83. The molecule has 1 aromatic carbocycles. The van der Waals surface area contributed by atoms with Crippen molar-refractivity contribution in [1.82, 2.24) is 5.32 Å². The fourth-order valence-electron chi connectivity index (χ4n) is 1.21. The van der Waals surface area contributed by atoms with Crippen LogP contribution < -0.4 is 5.32 Å². The van der Waals surface area contributed by atoms with Crippen LogP contribution in [0.4, 0.5) is 8.78 Å². The molecule has 90 valence electrons. The van der Waals surface area contributed by atoms with E-state index >= 15 is 0 Å². The van der Waals surface area contributed by atoms with Crippen LogP contribution in [0.3, 0.4) is 0 Å². The average molecular weight is 238 g/mol. The highest BCUT2D eigenvalue weighted by Gasteiger charge is 2.17. The van der Waals surface area contributed by atoms with E-state index in [0.29, 0.717) is 0 Å². The first-order valence-corrected chi connectivity index (χ1v) is 5.11. The summed E-state index contributed by atoms with van der Waals surface area (Å²) in [5, 5.41) is 11.2. The van der Waals surface area contributed by atoms with Crippen LogP contribution in [0.5, 0.6) is 0 Å². The predicted octanol–water partition coefficient (Wildman–Crippen LogP) is 2.24. The van der Waals surface area contributed by atoms with E-state index in [0.717, 1.165) is 12.1 Å². The fraction of sp³-hybridized carbons (Fsp3) is 0.333. The number of rotatable bonds is 3. The van der Waals surface area contributed by atoms with Crippen molar-refractivity contribution in [3.8, 4) is 6.07 Å². The number of benzene rings is 1. The third-order valence-electron chi connectivity index (χ3n) is 2.27. The summed E-state index contributed by atoms with van der Waals surface area (Å²) in [4.78, 5) is 11.6. The largest absolute Gasteiger partial charge is 0.336 e. The van der Waals surface area contributed by atoms with Gasteiger partial charge in [0, 0.05) is 5.56 Å². The topological polar surface area (TPSA) is 52.9 Å². The van der Waals surface area contributed by atoms with E-state index in [4.69, 9.17) is 5.26 Å². The number of halogens is 2. The number of nitrogens with one attached hydrogen (secondary N) is 1. The van der Waals surface area contributed by atoms with E-state index in [9.17, 15) is 13.6 Å². The third kappa shape index (κ3) is 3.25. The summed E-state index contributed by atoms with van der Waals surface area (Å²) in [5.41, 5.74) is -0.00944. The molecule has 1 amide bonds. The molecule has 1 atom stereocenters. The van der Waals surface area contributed by atoms with Crippen LogP contribution in [0, 0.1) is 28.9 Å². The number of amides is 1. The van der Waals surface area contributed by atoms with Gasteiger partial charge in [-0.3, -0.25) is 4.79 Å². The first kappa shape index (κ1) is 13.1. The molecule has 1 aromatic rings. The summed E-state index contributed by atoms with van der Waals surface area (Å²) in [7, 11) is 0. The lowest BCUT2D eigenvalue weighted by Gasteiger charge is -2.14. The van der Waals surface area contributed by atoms with Gasteiger partial charge in [0.05, 0.1) is 6.07 Å². The van der Waals surface area contributed by atoms with Gasteiger partial charge in [-0.2, -0.15) is 5.26 Å². The van der Waals surface area contributed by atoms with Crippen molar-refractivity contribution in [2.75, 3.05) is 0 Å². The Morgan fingerprint density at radius 1 is 1.35 bits per heavy atom. The van der Waals surface area contributed by atoms with E-state index < -0.39 is 23.6 Å². The van der Waals surface area contributed by atoms with E-state index in [-0.39, 0.29) is 11.5 Å². The predicted molar refractivity (Wildman–Crippen MR) is 58.1 cm³/mol. The van der Waals surface area contributed by atoms with Crippen molar-refractivity contribution >= 4 is 5.91 Å². The van der Waals surface area contributed by atoms with Gasteiger partial charge in [0.2, 0.25) is 0 Å². The Kier molecular flexibility index (Phi) is 4.16. The van der Waals surface area contributed by atoms with Crippen molar-refractivity contribution in [3.63, 3.8) is 0 Å². The van der Waals surface area contributed by atoms with Crippen LogP contribution in [0.25, 0.3) is 0 Å². The van der Waals surface area contributed by atoms with E-state index in [2.05, 4.69) is 5.32 Å². The van der Waals surface area contributed by atoms with Crippen LogP contribution in [-0.4, -0.2) is 11.9 Å². The molecule has 0 radical (unpaired) electrons. The number of hydrogen-bond donors (Lipinski definition) is 1. The van der Waals surface area contributed by atoms with Crippen molar-refractivity contribution in [1.29, 1.82) is 5.26 Å². The molecule has 0 saturated carbocycles. The third-order valence-corrected chi connectivity index (χ3v) is 2.27. The van der Waals surface area contributed by atoms with Gasteiger partial charge in [-0.25, -0.2) is 8.78 Å². The minimum atomic E-state index is -1.09. The monoisotopic (exact) mass is 238 g/mol. The Bertz CT molecular complexity index is 466. The molecule has 0 aliphatic heterocycles. The van der Waals surface area contributed by atoms with Crippen molar-refractivity contribution < 1.29 is 13.6 Å². The molecule has 0 heterocycles. The molecule has 0 aliphatic carbocycles. The van der Waals surface area contributed by atoms with Gasteiger partial charge < -0.3 is 5.32 Å². The van der Waals surface area contributed by atoms with Gasteiger partial charge >= 0.3 is 0 Å². The maximum absolute atomic E-state index is 12.9. The number of carbonyl (C=O) groups is 1. The molecule has 17 heavy (non-hydrogen) atoms. The second kappa shape index (κ2) is 5.39. The molecule has 0 saturated heterocycles. The smallest absolute Gasteiger partial charge is 0.252 e. The first-order valence-electron chi connectivity index (χ1n) is 5.11. The Morgan fingerprint density at radius 2 is 2.00 bits per heavy atom. The molecular formula is C12H12F2N2O. The maximum Gasteiger partial charge on any atom is 0.252 e. The summed E-state index contributed by atoms with van der Waals surface area (Å²) >= 11 is 0. The van der Waals surface area contributed by atoms with Crippen LogP contribution in [0.15, 0.2) is 18.2 Å². The van der Waals surface area contributed by atoms with Crippen molar-refractivity contribution in [2.24, 2.45) is 5.92 Å². The highest BCUT2D eigenvalue weighted by molar-refractivity contribution is 5.94. The summed E-state index contributed by atoms with van der Waals surface area (Å²) < 4.78 is 25.6. The maximum atomic E-state index is 12.9. The SMILES string of the molecule is CC(C)C(C#N)NC(=O)c1ccc(F)c(F)c1. The standard InChI is InChI=1S/C12H12F2N2O/c1-7(2)11(6-15)16-12(17)8-3-4-9(13)10(14)5-8/h3-5,7,11H,1-2H3,(H,16,17). The Morgan fingerprint density at radius 3 is 2.47 bits per heavy atom. The molecule has 3 nitrogen and oxygen atoms in total. The van der Waals surface area contributed by atoms with E-state index in [1.54, 1.807) is 13.8 Å². The van der Waals surface area contributed by atoms with Crippen molar-refractivity contribution in [3.05, 3.63) is 35.4 Å². The van der Waals surface area contributed by atoms with Crippen LogP contribution >= 0.6 is 0 Å². The number of hydrogen-bond acceptors (Lipinski definition) is 2. The van der Waals surface area contributed by atoms with Gasteiger partial charge in [-0.15, -0.1) is 0 Å². The average Bonchev–Trinajstić information content (AvgIpc) is 2.28. The molecule has 1 N–H and O–H groups in total. The minimum absolute atomic E-state index is 0.00944. The molecule has 0 bridgehead atoms. The molecule has 0 aromatic heterocycles. The van der Waals surface area contributed by atoms with Gasteiger partial charge in [0.25, 0.3) is 5.91 Å². The van der Waals surface area contributed by atoms with Gasteiger partial charge in [0.15, 0.2) is 11.6 Å². The van der Waals surface area contributed by atoms with Crippen LogP contribution in [0.2, 0.25) is 0 Å². The van der Waals surface area contributed by atoms with E-state index in [1.807, 2.05) is 6.07 Å². The summed E-state index contributed by atoms with van der Waals surface area (Å²) in [5.74, 6) is -2.75. The van der Waals surface area contributed by atoms with Gasteiger partial charge in [0.1, 0.15) is 6.04 Å². The highest BCUT2D eigenvalue weighted by atomic mass is 19.2.